The summed E-state index contributed by atoms with van der Waals surface area (Å²) >= 11 is 1.56. The van der Waals surface area contributed by atoms with Crippen LogP contribution in [0.15, 0.2) is 42.0 Å². The van der Waals surface area contributed by atoms with Gasteiger partial charge in [-0.1, -0.05) is 6.07 Å². The minimum absolute atomic E-state index is 0.129. The van der Waals surface area contributed by atoms with E-state index in [1.54, 1.807) is 23.6 Å². The molecule has 0 radical (unpaired) electrons. The molecule has 3 rings (SSSR count). The van der Waals surface area contributed by atoms with Gasteiger partial charge in [-0.05, 0) is 44.0 Å². The summed E-state index contributed by atoms with van der Waals surface area (Å²) in [6, 6.07) is 5.88. The minimum Gasteiger partial charge on any atom is -0.490 e. The second kappa shape index (κ2) is 9.23. The zero-order valence-corrected chi connectivity index (χ0v) is 16.3. The largest absolute Gasteiger partial charge is 0.490 e. The highest BCUT2D eigenvalue weighted by molar-refractivity contribution is 7.15. The summed E-state index contributed by atoms with van der Waals surface area (Å²) in [6.45, 7) is 5.61. The average Bonchev–Trinajstić information content (AvgIpc) is 3.26. The van der Waals surface area contributed by atoms with Gasteiger partial charge in [0.05, 0.1) is 25.1 Å². The molecular weight excluding hydrogens is 362 g/mol. The second-order valence-electron chi connectivity index (χ2n) is 5.76. The normalized spacial score (nSPS) is 11.2. The van der Waals surface area contributed by atoms with Gasteiger partial charge in [0.25, 0.3) is 0 Å². The van der Waals surface area contributed by atoms with Gasteiger partial charge in [-0.15, -0.1) is 11.3 Å². The number of nitrogens with zero attached hydrogens (tertiary/aromatic N) is 2. The number of imidazole rings is 1. The molecule has 7 heteroatoms. The number of hydrogen-bond donors (Lipinski definition) is 1. The molecule has 0 aliphatic heterocycles. The van der Waals surface area contributed by atoms with E-state index in [2.05, 4.69) is 10.3 Å². The molecule has 0 aliphatic carbocycles. The fraction of sp³-hybridized carbons (Fsp3) is 0.300. The molecule has 0 aliphatic rings. The molecule has 3 aromatic rings. The molecule has 1 amide bonds. The first-order valence-corrected chi connectivity index (χ1v) is 9.84. The first-order valence-electron chi connectivity index (χ1n) is 8.96. The van der Waals surface area contributed by atoms with Crippen LogP contribution in [0, 0.1) is 0 Å². The number of aromatic nitrogens is 2. The van der Waals surface area contributed by atoms with Crippen LogP contribution < -0.4 is 14.8 Å². The smallest absolute Gasteiger partial charge is 0.244 e. The Balaban J connectivity index is 1.53. The maximum absolute atomic E-state index is 12.0. The predicted molar refractivity (Wildman–Crippen MR) is 108 cm³/mol. The van der Waals surface area contributed by atoms with Crippen molar-refractivity contribution in [1.29, 1.82) is 0 Å². The van der Waals surface area contributed by atoms with Crippen LogP contribution in [0.4, 0.5) is 0 Å². The lowest BCUT2D eigenvalue weighted by atomic mass is 10.1. The first-order chi connectivity index (χ1) is 13.2. The number of hydrogen-bond acceptors (Lipinski definition) is 5. The van der Waals surface area contributed by atoms with Crippen LogP contribution in [0.1, 0.15) is 25.1 Å². The zero-order valence-electron chi connectivity index (χ0n) is 15.5. The van der Waals surface area contributed by atoms with Gasteiger partial charge in [0, 0.05) is 24.2 Å². The molecule has 1 N–H and O–H groups in total. The summed E-state index contributed by atoms with van der Waals surface area (Å²) in [4.78, 5) is 17.2. The van der Waals surface area contributed by atoms with E-state index in [1.165, 1.54) is 6.08 Å². The molecule has 0 unspecified atom stereocenters. The van der Waals surface area contributed by atoms with E-state index >= 15 is 0 Å². The Bertz CT molecular complexity index is 930. The van der Waals surface area contributed by atoms with Crippen molar-refractivity contribution in [1.82, 2.24) is 14.7 Å². The Hall–Kier alpha value is -2.80. The number of fused-ring (bicyclic) bond motifs is 1. The van der Waals surface area contributed by atoms with Crippen LogP contribution in [-0.4, -0.2) is 35.1 Å². The molecule has 0 spiro atoms. The molecule has 2 heterocycles. The summed E-state index contributed by atoms with van der Waals surface area (Å²) in [5, 5.41) is 4.87. The van der Waals surface area contributed by atoms with Gasteiger partial charge < -0.3 is 14.8 Å². The number of amides is 1. The molecule has 6 nitrogen and oxygen atoms in total. The van der Waals surface area contributed by atoms with Crippen molar-refractivity contribution in [2.75, 3.05) is 19.8 Å². The number of ether oxygens (including phenoxy) is 2. The van der Waals surface area contributed by atoms with E-state index in [0.29, 0.717) is 26.2 Å². The Morgan fingerprint density at radius 2 is 2.07 bits per heavy atom. The molecule has 27 heavy (non-hydrogen) atoms. The number of thiazole rings is 1. The number of rotatable bonds is 9. The molecule has 0 saturated heterocycles. The maximum Gasteiger partial charge on any atom is 0.244 e. The van der Waals surface area contributed by atoms with E-state index in [-0.39, 0.29) is 5.91 Å². The summed E-state index contributed by atoms with van der Waals surface area (Å²) in [6.07, 6.45) is 7.71. The fourth-order valence-electron chi connectivity index (χ4n) is 2.67. The minimum atomic E-state index is -0.129. The molecule has 0 saturated carbocycles. The quantitative estimate of drug-likeness (QED) is 0.572. The third kappa shape index (κ3) is 4.89. The van der Waals surface area contributed by atoms with E-state index in [0.717, 1.165) is 27.7 Å². The van der Waals surface area contributed by atoms with E-state index in [9.17, 15) is 4.79 Å². The molecule has 0 fully saturated rings. The van der Waals surface area contributed by atoms with E-state index in [4.69, 9.17) is 9.47 Å². The van der Waals surface area contributed by atoms with E-state index < -0.39 is 0 Å². The van der Waals surface area contributed by atoms with Gasteiger partial charge in [-0.25, -0.2) is 4.98 Å². The third-order valence-corrected chi connectivity index (χ3v) is 4.67. The van der Waals surface area contributed by atoms with Crippen LogP contribution in [-0.2, 0) is 11.2 Å². The summed E-state index contributed by atoms with van der Waals surface area (Å²) in [5.74, 6) is 1.36. The Kier molecular flexibility index (Phi) is 6.49. The second-order valence-corrected chi connectivity index (χ2v) is 6.63. The van der Waals surface area contributed by atoms with E-state index in [1.807, 2.05) is 48.0 Å². The zero-order chi connectivity index (χ0) is 19.1. The highest BCUT2D eigenvalue weighted by Gasteiger charge is 2.07. The van der Waals surface area contributed by atoms with Gasteiger partial charge in [0.1, 0.15) is 0 Å². The van der Waals surface area contributed by atoms with Gasteiger partial charge in [0.15, 0.2) is 16.5 Å². The third-order valence-electron chi connectivity index (χ3n) is 3.90. The highest BCUT2D eigenvalue weighted by Crippen LogP contribution is 2.28. The lowest BCUT2D eigenvalue weighted by Gasteiger charge is -2.12. The fourth-order valence-corrected chi connectivity index (χ4v) is 3.37. The summed E-state index contributed by atoms with van der Waals surface area (Å²) in [5.41, 5.74) is 1.97. The van der Waals surface area contributed by atoms with Gasteiger partial charge in [-0.3, -0.25) is 9.20 Å². The van der Waals surface area contributed by atoms with Crippen molar-refractivity contribution in [2.45, 2.75) is 20.3 Å². The van der Waals surface area contributed by atoms with Crippen LogP contribution in [0.25, 0.3) is 11.0 Å². The standard InChI is InChI=1S/C20H23N3O3S/c1-3-25-17-7-5-15(13-18(17)26-4-2)9-10-21-19(24)8-6-16-14-22-20-23(16)11-12-27-20/h5-8,11-14H,3-4,9-10H2,1-2H3,(H,21,24)/b8-6+. The number of benzene rings is 1. The van der Waals surface area contributed by atoms with Crippen molar-refractivity contribution in [3.63, 3.8) is 0 Å². The molecule has 1 aromatic carbocycles. The number of carbonyl (C=O) groups excluding carboxylic acids is 1. The Morgan fingerprint density at radius 3 is 2.89 bits per heavy atom. The summed E-state index contributed by atoms with van der Waals surface area (Å²) < 4.78 is 13.2. The molecule has 0 bridgehead atoms. The molecule has 142 valence electrons. The molecule has 0 atom stereocenters. The maximum atomic E-state index is 12.0. The highest BCUT2D eigenvalue weighted by atomic mass is 32.1. The van der Waals surface area contributed by atoms with Gasteiger partial charge in [-0.2, -0.15) is 0 Å². The summed E-state index contributed by atoms with van der Waals surface area (Å²) in [7, 11) is 0. The Labute approximate surface area is 162 Å². The lowest BCUT2D eigenvalue weighted by molar-refractivity contribution is -0.116. The number of nitrogens with one attached hydrogen (secondary N) is 1. The van der Waals surface area contributed by atoms with Crippen LogP contribution in [0.2, 0.25) is 0 Å². The Morgan fingerprint density at radius 1 is 1.26 bits per heavy atom. The van der Waals surface area contributed by atoms with Crippen LogP contribution >= 0.6 is 11.3 Å². The van der Waals surface area contributed by atoms with Crippen molar-refractivity contribution < 1.29 is 14.3 Å². The topological polar surface area (TPSA) is 64.9 Å². The average molecular weight is 385 g/mol. The van der Waals surface area contributed by atoms with Gasteiger partial charge >= 0.3 is 0 Å². The van der Waals surface area contributed by atoms with Crippen molar-refractivity contribution in [3.8, 4) is 11.5 Å². The molecular formula is C20H23N3O3S. The van der Waals surface area contributed by atoms with Crippen LogP contribution in [0.3, 0.4) is 0 Å². The van der Waals surface area contributed by atoms with Crippen molar-refractivity contribution in [2.24, 2.45) is 0 Å². The van der Waals surface area contributed by atoms with Gasteiger partial charge in [0.2, 0.25) is 5.91 Å². The SMILES string of the molecule is CCOc1ccc(CCNC(=O)/C=C/c2cnc3sccn23)cc1OCC. The van der Waals surface area contributed by atoms with Crippen molar-refractivity contribution >= 4 is 28.3 Å². The van der Waals surface area contributed by atoms with Crippen LogP contribution in [0.5, 0.6) is 11.5 Å². The van der Waals surface area contributed by atoms with Crippen molar-refractivity contribution in [3.05, 3.63) is 53.3 Å². The number of carbonyl (C=O) groups is 1. The predicted octanol–water partition coefficient (Wildman–Crippen LogP) is 3.57. The molecule has 2 aromatic heterocycles. The first kappa shape index (κ1) is 19.0. The lowest BCUT2D eigenvalue weighted by Crippen LogP contribution is -2.23. The monoisotopic (exact) mass is 385 g/mol.